The van der Waals surface area contributed by atoms with Crippen molar-refractivity contribution in [3.05, 3.63) is 41.3 Å². The number of furan rings is 1. The molecule has 2 heterocycles. The number of hydrogen-bond acceptors (Lipinski definition) is 5. The van der Waals surface area contributed by atoms with Crippen molar-refractivity contribution in [2.45, 2.75) is 6.92 Å². The van der Waals surface area contributed by atoms with Gasteiger partial charge in [-0.05, 0) is 37.4 Å². The Labute approximate surface area is 119 Å². The molecule has 0 saturated carbocycles. The number of nitrogens with one attached hydrogen (secondary N) is 2. The molecule has 98 valence electrons. The zero-order chi connectivity index (χ0) is 13.7. The van der Waals surface area contributed by atoms with E-state index in [1.807, 2.05) is 18.4 Å². The van der Waals surface area contributed by atoms with E-state index < -0.39 is 0 Å². The number of nitrogens with zero attached hydrogens (tertiary/aromatic N) is 1. The van der Waals surface area contributed by atoms with Crippen LogP contribution in [0.15, 0.2) is 34.2 Å². The van der Waals surface area contributed by atoms with E-state index in [1.165, 1.54) is 17.4 Å². The van der Waals surface area contributed by atoms with E-state index >= 15 is 0 Å². The summed E-state index contributed by atoms with van der Waals surface area (Å²) < 4.78 is 5.30. The third kappa shape index (κ3) is 4.31. The van der Waals surface area contributed by atoms with Gasteiger partial charge in [-0.2, -0.15) is 0 Å². The summed E-state index contributed by atoms with van der Waals surface area (Å²) in [6.45, 7) is 1.84. The Morgan fingerprint density at radius 3 is 3.00 bits per heavy atom. The Hall–Kier alpha value is -1.99. The first-order chi connectivity index (χ1) is 9.13. The molecule has 0 atom stereocenters. The minimum Gasteiger partial charge on any atom is -0.462 e. The molecule has 2 aromatic heterocycles. The van der Waals surface area contributed by atoms with Crippen LogP contribution in [0.1, 0.15) is 11.5 Å². The number of carbonyl (C=O) groups excluding carboxylic acids is 1. The highest BCUT2D eigenvalue weighted by Crippen LogP contribution is 2.10. The van der Waals surface area contributed by atoms with Gasteiger partial charge in [0.1, 0.15) is 11.5 Å². The van der Waals surface area contributed by atoms with Gasteiger partial charge >= 0.3 is 0 Å². The van der Waals surface area contributed by atoms with Gasteiger partial charge < -0.3 is 9.73 Å². The molecule has 19 heavy (non-hydrogen) atoms. The summed E-state index contributed by atoms with van der Waals surface area (Å²) >= 11 is 6.38. The predicted molar refractivity (Wildman–Crippen MR) is 79.0 cm³/mol. The summed E-state index contributed by atoms with van der Waals surface area (Å²) in [6, 6.07) is 3.61. The molecule has 0 bridgehead atoms. The monoisotopic (exact) mass is 293 g/mol. The van der Waals surface area contributed by atoms with Gasteiger partial charge in [-0.1, -0.05) is 0 Å². The average Bonchev–Trinajstić information content (AvgIpc) is 2.98. The fraction of sp³-hybridized carbons (Fsp3) is 0.0833. The molecule has 0 fully saturated rings. The lowest BCUT2D eigenvalue weighted by Gasteiger charge is -2.03. The van der Waals surface area contributed by atoms with Gasteiger partial charge in [-0.15, -0.1) is 11.3 Å². The van der Waals surface area contributed by atoms with Crippen molar-refractivity contribution >= 4 is 45.8 Å². The summed E-state index contributed by atoms with van der Waals surface area (Å²) in [5, 5.41) is 7.97. The molecule has 0 saturated heterocycles. The quantitative estimate of drug-likeness (QED) is 0.672. The fourth-order valence-corrected chi connectivity index (χ4v) is 2.06. The lowest BCUT2D eigenvalue weighted by molar-refractivity contribution is -0.115. The summed E-state index contributed by atoms with van der Waals surface area (Å²) in [7, 11) is 0. The Balaban J connectivity index is 1.84. The van der Waals surface area contributed by atoms with Crippen molar-refractivity contribution in [1.82, 2.24) is 10.3 Å². The lowest BCUT2D eigenvalue weighted by atomic mass is 10.4. The summed E-state index contributed by atoms with van der Waals surface area (Å²) in [6.07, 6.45) is 4.58. The van der Waals surface area contributed by atoms with E-state index in [0.717, 1.165) is 5.76 Å². The third-order valence-electron chi connectivity index (χ3n) is 2.05. The van der Waals surface area contributed by atoms with Crippen LogP contribution in [0.3, 0.4) is 0 Å². The topological polar surface area (TPSA) is 67.2 Å². The number of aryl methyl sites for hydroxylation is 1. The second-order valence-electron chi connectivity index (χ2n) is 3.56. The van der Waals surface area contributed by atoms with Crippen molar-refractivity contribution in [2.24, 2.45) is 0 Å². The van der Waals surface area contributed by atoms with Crippen LogP contribution in [0, 0.1) is 6.92 Å². The van der Waals surface area contributed by atoms with Crippen LogP contribution >= 0.6 is 23.6 Å². The van der Waals surface area contributed by atoms with Gasteiger partial charge in [-0.25, -0.2) is 4.98 Å². The Bertz CT molecular complexity index is 602. The van der Waals surface area contributed by atoms with Crippen molar-refractivity contribution in [3.63, 3.8) is 0 Å². The number of rotatable bonds is 3. The summed E-state index contributed by atoms with van der Waals surface area (Å²) in [5.41, 5.74) is 0. The van der Waals surface area contributed by atoms with Gasteiger partial charge in [0.05, 0.1) is 0 Å². The number of thiazole rings is 1. The van der Waals surface area contributed by atoms with Crippen LogP contribution in [-0.4, -0.2) is 16.0 Å². The molecule has 2 aromatic rings. The second-order valence-corrected chi connectivity index (χ2v) is 4.87. The average molecular weight is 293 g/mol. The van der Waals surface area contributed by atoms with Crippen molar-refractivity contribution < 1.29 is 9.21 Å². The first-order valence-corrected chi connectivity index (χ1v) is 6.68. The van der Waals surface area contributed by atoms with Crippen molar-refractivity contribution in [3.8, 4) is 0 Å². The Morgan fingerprint density at radius 1 is 1.53 bits per heavy atom. The maximum Gasteiger partial charge on any atom is 0.250 e. The standard InChI is InChI=1S/C12H11N3O2S2/c1-8-2-3-9(17-8)4-5-10(16)14-11(18)15-12-13-6-7-19-12/h2-7H,1H3,(H2,13,14,15,16,18). The van der Waals surface area contributed by atoms with Gasteiger partial charge in [0, 0.05) is 17.7 Å². The molecule has 7 heteroatoms. The lowest BCUT2D eigenvalue weighted by Crippen LogP contribution is -2.32. The van der Waals surface area contributed by atoms with Crippen LogP contribution in [0.25, 0.3) is 6.08 Å². The number of amides is 1. The van der Waals surface area contributed by atoms with E-state index in [9.17, 15) is 4.79 Å². The number of carbonyl (C=O) groups is 1. The maximum absolute atomic E-state index is 11.6. The zero-order valence-corrected chi connectivity index (χ0v) is 11.7. The van der Waals surface area contributed by atoms with Crippen LogP contribution in [0.4, 0.5) is 5.13 Å². The molecule has 0 aliphatic carbocycles. The molecule has 0 spiro atoms. The number of anilines is 1. The number of hydrogen-bond donors (Lipinski definition) is 2. The van der Waals surface area contributed by atoms with Gasteiger partial charge in [0.15, 0.2) is 10.2 Å². The van der Waals surface area contributed by atoms with Crippen molar-refractivity contribution in [1.29, 1.82) is 0 Å². The van der Waals surface area contributed by atoms with E-state index in [2.05, 4.69) is 15.6 Å². The molecule has 2 rings (SSSR count). The minimum atomic E-state index is -0.330. The minimum absolute atomic E-state index is 0.209. The van der Waals surface area contributed by atoms with E-state index in [-0.39, 0.29) is 11.0 Å². The molecule has 0 aromatic carbocycles. The van der Waals surface area contributed by atoms with Crippen LogP contribution in [0.5, 0.6) is 0 Å². The second kappa shape index (κ2) is 6.26. The largest absolute Gasteiger partial charge is 0.462 e. The van der Waals surface area contributed by atoms with E-state index in [4.69, 9.17) is 16.6 Å². The smallest absolute Gasteiger partial charge is 0.250 e. The maximum atomic E-state index is 11.6. The SMILES string of the molecule is Cc1ccc(C=CC(=O)NC(=S)Nc2nccs2)o1. The van der Waals surface area contributed by atoms with E-state index in [0.29, 0.717) is 10.9 Å². The number of thiocarbonyl (C=S) groups is 1. The van der Waals surface area contributed by atoms with Gasteiger partial charge in [0.2, 0.25) is 5.91 Å². The highest BCUT2D eigenvalue weighted by atomic mass is 32.1. The molecule has 0 radical (unpaired) electrons. The van der Waals surface area contributed by atoms with Gasteiger partial charge in [-0.3, -0.25) is 10.1 Å². The van der Waals surface area contributed by atoms with E-state index in [1.54, 1.807) is 18.3 Å². The molecule has 0 unspecified atom stereocenters. The van der Waals surface area contributed by atoms with Crippen molar-refractivity contribution in [2.75, 3.05) is 5.32 Å². The van der Waals surface area contributed by atoms with Crippen LogP contribution < -0.4 is 10.6 Å². The first kappa shape index (κ1) is 13.4. The predicted octanol–water partition coefficient (Wildman–Crippen LogP) is 2.57. The Kier molecular flexibility index (Phi) is 4.43. The summed E-state index contributed by atoms with van der Waals surface area (Å²) in [4.78, 5) is 15.6. The zero-order valence-electron chi connectivity index (χ0n) is 10.0. The molecule has 5 nitrogen and oxygen atoms in total. The molecule has 1 amide bonds. The third-order valence-corrected chi connectivity index (χ3v) is 2.94. The van der Waals surface area contributed by atoms with Gasteiger partial charge in [0.25, 0.3) is 0 Å². The molecule has 0 aliphatic rings. The van der Waals surface area contributed by atoms with Crippen LogP contribution in [0.2, 0.25) is 0 Å². The Morgan fingerprint density at radius 2 is 2.37 bits per heavy atom. The first-order valence-electron chi connectivity index (χ1n) is 5.39. The van der Waals surface area contributed by atoms with Crippen LogP contribution in [-0.2, 0) is 4.79 Å². The molecular formula is C12H11N3O2S2. The molecular weight excluding hydrogens is 282 g/mol. The molecule has 2 N–H and O–H groups in total. The summed E-state index contributed by atoms with van der Waals surface area (Å²) in [5.74, 6) is 1.08. The highest BCUT2D eigenvalue weighted by Gasteiger charge is 2.03. The number of aromatic nitrogens is 1. The fourth-order valence-electron chi connectivity index (χ4n) is 1.27. The molecule has 0 aliphatic heterocycles. The highest BCUT2D eigenvalue weighted by molar-refractivity contribution is 7.80. The normalized spacial score (nSPS) is 10.6.